The Bertz CT molecular complexity index is 845. The molecule has 2 heterocycles. The lowest BCUT2D eigenvalue weighted by molar-refractivity contribution is -0.127. The molecule has 1 aromatic heterocycles. The van der Waals surface area contributed by atoms with Gasteiger partial charge in [-0.05, 0) is 36.2 Å². The number of carbonyl (C=O) groups excluding carboxylic acids is 2. The van der Waals surface area contributed by atoms with Crippen LogP contribution in [0.3, 0.4) is 0 Å². The summed E-state index contributed by atoms with van der Waals surface area (Å²) in [6, 6.07) is 10.4. The first-order valence-corrected chi connectivity index (χ1v) is 7.88. The summed E-state index contributed by atoms with van der Waals surface area (Å²) in [5.41, 5.74) is 8.54. The fraction of sp³-hybridized carbons (Fsp3) is 0.222. The normalized spacial score (nSPS) is 17.2. The van der Waals surface area contributed by atoms with Gasteiger partial charge in [-0.3, -0.25) is 19.5 Å². The first-order chi connectivity index (χ1) is 11.9. The number of anilines is 1. The van der Waals surface area contributed by atoms with Crippen LogP contribution in [-0.4, -0.2) is 34.7 Å². The summed E-state index contributed by atoms with van der Waals surface area (Å²) in [6.45, 7) is 1.91. The highest BCUT2D eigenvalue weighted by molar-refractivity contribution is 6.03. The number of hydrogen-bond donors (Lipinski definition) is 2. The number of guanidine groups is 1. The molecular weight excluding hydrogens is 318 g/mol. The second-order valence-electron chi connectivity index (χ2n) is 5.96. The summed E-state index contributed by atoms with van der Waals surface area (Å²) >= 11 is 0. The minimum atomic E-state index is -0.349. The average Bonchev–Trinajstić information content (AvgIpc) is 2.60. The van der Waals surface area contributed by atoms with Crippen LogP contribution in [0.1, 0.15) is 34.1 Å². The van der Waals surface area contributed by atoms with Gasteiger partial charge in [0, 0.05) is 18.9 Å². The van der Waals surface area contributed by atoms with E-state index in [4.69, 9.17) is 5.73 Å². The van der Waals surface area contributed by atoms with Crippen molar-refractivity contribution < 1.29 is 9.59 Å². The van der Waals surface area contributed by atoms with Crippen LogP contribution in [0.5, 0.6) is 0 Å². The Labute approximate surface area is 145 Å². The Morgan fingerprint density at radius 2 is 2.12 bits per heavy atom. The van der Waals surface area contributed by atoms with Gasteiger partial charge in [-0.15, -0.1) is 0 Å². The average molecular weight is 337 g/mol. The molecule has 0 saturated heterocycles. The molecular formula is C18H19N5O2. The second-order valence-corrected chi connectivity index (χ2v) is 5.96. The van der Waals surface area contributed by atoms with Crippen LogP contribution in [0, 0.1) is 6.92 Å². The molecule has 3 N–H and O–H groups in total. The van der Waals surface area contributed by atoms with Crippen LogP contribution < -0.4 is 11.1 Å². The third-order valence-corrected chi connectivity index (χ3v) is 4.05. The van der Waals surface area contributed by atoms with Gasteiger partial charge in [0.1, 0.15) is 5.69 Å². The third-order valence-electron chi connectivity index (χ3n) is 4.05. The van der Waals surface area contributed by atoms with Gasteiger partial charge in [0.15, 0.2) is 5.96 Å². The van der Waals surface area contributed by atoms with Gasteiger partial charge in [-0.1, -0.05) is 18.2 Å². The molecule has 7 heteroatoms. The van der Waals surface area contributed by atoms with E-state index in [1.165, 1.54) is 4.90 Å². The smallest absolute Gasteiger partial charge is 0.274 e. The number of benzene rings is 1. The molecule has 7 nitrogen and oxygen atoms in total. The zero-order valence-corrected chi connectivity index (χ0v) is 14.1. The fourth-order valence-corrected chi connectivity index (χ4v) is 2.54. The highest BCUT2D eigenvalue weighted by Gasteiger charge is 2.25. The Morgan fingerprint density at radius 1 is 1.32 bits per heavy atom. The summed E-state index contributed by atoms with van der Waals surface area (Å²) in [7, 11) is 1.60. The van der Waals surface area contributed by atoms with Crippen molar-refractivity contribution in [2.24, 2.45) is 10.7 Å². The summed E-state index contributed by atoms with van der Waals surface area (Å²) in [5, 5.41) is 2.81. The van der Waals surface area contributed by atoms with Crippen LogP contribution in [0.15, 0.2) is 47.6 Å². The standard InChI is InChI=1S/C18H19N5O2/c1-11-6-7-14(20-10-11)17(25)21-13-5-3-4-12(8-13)15-9-16(24)23(2)18(19)22-15/h3-8,10,15H,9H2,1-2H3,(H2,19,22)(H,21,25). The predicted octanol–water partition coefficient (Wildman–Crippen LogP) is 1.86. The Morgan fingerprint density at radius 3 is 2.80 bits per heavy atom. The summed E-state index contributed by atoms with van der Waals surface area (Å²) < 4.78 is 0. The van der Waals surface area contributed by atoms with Gasteiger partial charge in [0.05, 0.1) is 12.5 Å². The van der Waals surface area contributed by atoms with Crippen molar-refractivity contribution in [1.82, 2.24) is 9.88 Å². The van der Waals surface area contributed by atoms with Crippen LogP contribution in [0.2, 0.25) is 0 Å². The molecule has 0 radical (unpaired) electrons. The minimum Gasteiger partial charge on any atom is -0.369 e. The topological polar surface area (TPSA) is 101 Å². The SMILES string of the molecule is Cc1ccc(C(=O)Nc2cccc(C3CC(=O)N(C)C(N)=N3)c2)nc1. The van der Waals surface area contributed by atoms with Crippen molar-refractivity contribution in [3.8, 4) is 0 Å². The van der Waals surface area contributed by atoms with Crippen LogP contribution in [0.25, 0.3) is 0 Å². The number of nitrogens with two attached hydrogens (primary N) is 1. The van der Waals surface area contributed by atoms with Crippen LogP contribution >= 0.6 is 0 Å². The first-order valence-electron chi connectivity index (χ1n) is 7.88. The molecule has 3 rings (SSSR count). The van der Waals surface area contributed by atoms with Crippen molar-refractivity contribution >= 4 is 23.5 Å². The molecule has 0 fully saturated rings. The Hall–Kier alpha value is -3.22. The summed E-state index contributed by atoms with van der Waals surface area (Å²) in [4.78, 5) is 34.0. The molecule has 1 aromatic carbocycles. The van der Waals surface area contributed by atoms with E-state index in [0.717, 1.165) is 11.1 Å². The number of hydrogen-bond acceptors (Lipinski definition) is 5. The fourth-order valence-electron chi connectivity index (χ4n) is 2.54. The maximum absolute atomic E-state index is 12.3. The number of amides is 2. The van der Waals surface area contributed by atoms with E-state index >= 15 is 0 Å². The molecule has 2 aromatic rings. The maximum atomic E-state index is 12.3. The van der Waals surface area contributed by atoms with E-state index in [9.17, 15) is 9.59 Å². The second kappa shape index (κ2) is 6.72. The van der Waals surface area contributed by atoms with Crippen LogP contribution in [0.4, 0.5) is 5.69 Å². The van der Waals surface area contributed by atoms with E-state index in [1.807, 2.05) is 25.1 Å². The van der Waals surface area contributed by atoms with Gasteiger partial charge < -0.3 is 11.1 Å². The van der Waals surface area contributed by atoms with Crippen molar-refractivity contribution in [1.29, 1.82) is 0 Å². The number of rotatable bonds is 3. The number of aromatic nitrogens is 1. The van der Waals surface area contributed by atoms with Gasteiger partial charge in [0.2, 0.25) is 5.91 Å². The number of nitrogens with one attached hydrogen (secondary N) is 1. The molecule has 1 aliphatic rings. The monoisotopic (exact) mass is 337 g/mol. The molecule has 25 heavy (non-hydrogen) atoms. The highest BCUT2D eigenvalue weighted by Crippen LogP contribution is 2.27. The largest absolute Gasteiger partial charge is 0.369 e. The van der Waals surface area contributed by atoms with E-state index < -0.39 is 0 Å². The predicted molar refractivity (Wildman–Crippen MR) is 95.1 cm³/mol. The van der Waals surface area contributed by atoms with Crippen molar-refractivity contribution in [2.75, 3.05) is 12.4 Å². The Kier molecular flexibility index (Phi) is 4.47. The summed E-state index contributed by atoms with van der Waals surface area (Å²) in [6.07, 6.45) is 1.89. The molecule has 1 atom stereocenters. The molecule has 2 amide bonds. The van der Waals surface area contributed by atoms with Gasteiger partial charge >= 0.3 is 0 Å². The highest BCUT2D eigenvalue weighted by atomic mass is 16.2. The molecule has 0 bridgehead atoms. The molecule has 128 valence electrons. The van der Waals surface area contributed by atoms with Gasteiger partial charge in [-0.25, -0.2) is 4.99 Å². The Balaban J connectivity index is 1.79. The van der Waals surface area contributed by atoms with E-state index in [0.29, 0.717) is 11.4 Å². The molecule has 1 aliphatic heterocycles. The van der Waals surface area contributed by atoms with Crippen molar-refractivity contribution in [3.05, 3.63) is 59.4 Å². The maximum Gasteiger partial charge on any atom is 0.274 e. The molecule has 1 unspecified atom stereocenters. The lowest BCUT2D eigenvalue weighted by atomic mass is 10.0. The van der Waals surface area contributed by atoms with Gasteiger partial charge in [0.25, 0.3) is 5.91 Å². The summed E-state index contributed by atoms with van der Waals surface area (Å²) in [5.74, 6) is -0.185. The van der Waals surface area contributed by atoms with Gasteiger partial charge in [-0.2, -0.15) is 0 Å². The van der Waals surface area contributed by atoms with Crippen LogP contribution in [-0.2, 0) is 4.79 Å². The first kappa shape index (κ1) is 16.6. The van der Waals surface area contributed by atoms with Crippen molar-refractivity contribution in [3.63, 3.8) is 0 Å². The lowest BCUT2D eigenvalue weighted by Gasteiger charge is -2.25. The number of pyridine rings is 1. The number of aliphatic imine (C=N–C) groups is 1. The van der Waals surface area contributed by atoms with E-state index in [-0.39, 0.29) is 30.2 Å². The number of nitrogens with zero attached hydrogens (tertiary/aromatic N) is 3. The molecule has 0 spiro atoms. The zero-order chi connectivity index (χ0) is 18.0. The molecule has 0 aliphatic carbocycles. The lowest BCUT2D eigenvalue weighted by Crippen LogP contribution is -2.42. The van der Waals surface area contributed by atoms with Crippen molar-refractivity contribution in [2.45, 2.75) is 19.4 Å². The third kappa shape index (κ3) is 3.65. The quantitative estimate of drug-likeness (QED) is 0.892. The number of carbonyl (C=O) groups is 2. The van der Waals surface area contributed by atoms with E-state index in [1.54, 1.807) is 31.4 Å². The minimum absolute atomic E-state index is 0.0872. The van der Waals surface area contributed by atoms with E-state index in [2.05, 4.69) is 15.3 Å². The molecule has 0 saturated carbocycles. The zero-order valence-electron chi connectivity index (χ0n) is 14.1. The number of aryl methyl sites for hydroxylation is 1.